The quantitative estimate of drug-likeness (QED) is 0.0127. The van der Waals surface area contributed by atoms with E-state index in [9.17, 15) is 67.7 Å². The van der Waals surface area contributed by atoms with Gasteiger partial charge >= 0.3 is 11.9 Å². The van der Waals surface area contributed by atoms with Gasteiger partial charge in [-0.1, -0.05) is 49.6 Å². The number of aliphatic imine (C=N–C) groups is 4. The first kappa shape index (κ1) is 82.0. The third-order valence-electron chi connectivity index (χ3n) is 14.8. The molecule has 1 fully saturated rings. The number of rotatable bonds is 44. The van der Waals surface area contributed by atoms with Crippen LogP contribution in [-0.4, -0.2) is 213 Å². The Balaban J connectivity index is 1.84. The number of amides is 10. The average molecular weight is 1420 g/mol. The van der Waals surface area contributed by atoms with E-state index in [0.717, 1.165) is 6.42 Å². The van der Waals surface area contributed by atoms with Crippen LogP contribution in [0.4, 0.5) is 0 Å². The maximum absolute atomic E-state index is 14.4. The van der Waals surface area contributed by atoms with Gasteiger partial charge in [-0.25, -0.2) is 9.78 Å². The summed E-state index contributed by atoms with van der Waals surface area (Å²) < 4.78 is -1.02. The molecule has 2 aromatic rings. The lowest BCUT2D eigenvalue weighted by atomic mass is 9.82. The number of carbonyl (C=O) groups is 12. The summed E-state index contributed by atoms with van der Waals surface area (Å²) in [5.41, 5.74) is 50.0. The van der Waals surface area contributed by atoms with E-state index < -0.39 is 150 Å². The number of nitrogens with two attached hydrogens (primary N) is 9. The topological polar surface area (TPSA) is 678 Å². The fourth-order valence-electron chi connectivity index (χ4n) is 9.82. The number of guanidine groups is 4. The first-order valence-electron chi connectivity index (χ1n) is 31.2. The number of H-pyrrole nitrogens is 1. The van der Waals surface area contributed by atoms with Gasteiger partial charge in [0.2, 0.25) is 59.1 Å². The van der Waals surface area contributed by atoms with Crippen LogP contribution in [-0.2, 0) is 64.0 Å². The van der Waals surface area contributed by atoms with Crippen molar-refractivity contribution in [3.05, 3.63) is 54.1 Å². The fourth-order valence-corrected chi connectivity index (χ4v) is 10.6. The summed E-state index contributed by atoms with van der Waals surface area (Å²) in [5.74, 6) is -13.9. The lowest BCUT2D eigenvalue weighted by Crippen LogP contribution is -2.61. The number of carbonyl (C=O) groups excluding carboxylic acids is 10. The molecule has 542 valence electrons. The van der Waals surface area contributed by atoms with Crippen molar-refractivity contribution in [2.45, 2.75) is 155 Å². The smallest absolute Gasteiger partial charge is 0.326 e. The van der Waals surface area contributed by atoms with Crippen LogP contribution in [0.15, 0.2) is 62.8 Å². The molecule has 1 aromatic carbocycles. The number of nitrogens with one attached hydrogen (secondary N) is 11. The summed E-state index contributed by atoms with van der Waals surface area (Å²) in [6.45, 7) is -1.49. The highest BCUT2D eigenvalue weighted by Crippen LogP contribution is 2.37. The van der Waals surface area contributed by atoms with E-state index in [-0.39, 0.29) is 113 Å². The number of benzene rings is 1. The Morgan fingerprint density at radius 3 is 1.47 bits per heavy atom. The predicted molar refractivity (Wildman–Crippen MR) is 365 cm³/mol. The van der Waals surface area contributed by atoms with E-state index in [4.69, 9.17) is 64.2 Å². The zero-order valence-corrected chi connectivity index (χ0v) is 55.7. The molecule has 1 heterocycles. The molecule has 1 saturated carbocycles. The third-order valence-corrected chi connectivity index (χ3v) is 15.9. The maximum atomic E-state index is 14.4. The Morgan fingerprint density at radius 1 is 0.520 bits per heavy atom. The second-order valence-corrected chi connectivity index (χ2v) is 23.9. The molecule has 1 aliphatic carbocycles. The maximum Gasteiger partial charge on any atom is 0.326 e. The van der Waals surface area contributed by atoms with Crippen molar-refractivity contribution < 1.29 is 67.7 Å². The van der Waals surface area contributed by atoms with E-state index in [1.54, 1.807) is 6.07 Å². The molecule has 0 aliphatic heterocycles. The Bertz CT molecular complexity index is 3120. The van der Waals surface area contributed by atoms with Gasteiger partial charge in [0.25, 0.3) is 0 Å². The van der Waals surface area contributed by atoms with Crippen LogP contribution in [0.1, 0.15) is 107 Å². The van der Waals surface area contributed by atoms with Gasteiger partial charge in [0.1, 0.15) is 48.3 Å². The van der Waals surface area contributed by atoms with Crippen LogP contribution in [0.2, 0.25) is 0 Å². The molecule has 9 atom stereocenters. The molecule has 31 N–H and O–H groups in total. The number of aromatic amines is 1. The summed E-state index contributed by atoms with van der Waals surface area (Å²) in [7, 11) is 0. The molecule has 1 aliphatic rings. The summed E-state index contributed by atoms with van der Waals surface area (Å²) in [6.07, 6.45) is 4.76. The number of aromatic nitrogens is 2. The van der Waals surface area contributed by atoms with Crippen LogP contribution >= 0.6 is 25.3 Å². The zero-order valence-electron chi connectivity index (χ0n) is 53.9. The van der Waals surface area contributed by atoms with Gasteiger partial charge < -0.3 is 120 Å². The van der Waals surface area contributed by atoms with Crippen LogP contribution in [0.5, 0.6) is 0 Å². The van der Waals surface area contributed by atoms with Crippen LogP contribution in [0.25, 0.3) is 0 Å². The van der Waals surface area contributed by atoms with Crippen molar-refractivity contribution in [3.8, 4) is 0 Å². The van der Waals surface area contributed by atoms with Gasteiger partial charge in [0.15, 0.2) is 23.8 Å². The summed E-state index contributed by atoms with van der Waals surface area (Å²) in [5, 5.41) is 44.3. The molecule has 39 nitrogen and oxygen atoms in total. The Labute approximate surface area is 574 Å². The largest absolute Gasteiger partial charge is 0.481 e. The molecule has 0 radical (unpaired) electrons. The van der Waals surface area contributed by atoms with Crippen molar-refractivity contribution in [3.63, 3.8) is 0 Å². The Hall–Kier alpha value is -10.2. The number of thiol groups is 2. The minimum absolute atomic E-state index is 0.0432. The van der Waals surface area contributed by atoms with Crippen LogP contribution in [0.3, 0.4) is 0 Å². The minimum Gasteiger partial charge on any atom is -0.481 e. The molecular formula is C57H93N25O14S2. The average Bonchev–Trinajstić information content (AvgIpc) is 0.968. The van der Waals surface area contributed by atoms with Crippen molar-refractivity contribution in [1.29, 1.82) is 0 Å². The molecule has 0 spiro atoms. The zero-order chi connectivity index (χ0) is 72.9. The van der Waals surface area contributed by atoms with Gasteiger partial charge in [0.05, 0.1) is 31.9 Å². The highest BCUT2D eigenvalue weighted by molar-refractivity contribution is 7.82. The van der Waals surface area contributed by atoms with Crippen molar-refractivity contribution >= 4 is 120 Å². The second kappa shape index (κ2) is 43.1. The molecule has 10 amide bonds. The molecule has 98 heavy (non-hydrogen) atoms. The Morgan fingerprint density at radius 2 is 0.969 bits per heavy atom. The molecule has 0 bridgehead atoms. The van der Waals surface area contributed by atoms with Gasteiger partial charge in [-0.3, -0.25) is 72.7 Å². The minimum atomic E-state index is -1.95. The summed E-state index contributed by atoms with van der Waals surface area (Å²) in [4.78, 5) is 185. The molecule has 3 rings (SSSR count). The number of carboxylic acid groups (broad SMARTS) is 2. The summed E-state index contributed by atoms with van der Waals surface area (Å²) in [6, 6.07) is -6.01. The molecule has 1 aromatic heterocycles. The third kappa shape index (κ3) is 31.1. The lowest BCUT2D eigenvalue weighted by molar-refractivity contribution is -0.142. The normalized spacial score (nSPS) is 15.0. The summed E-state index contributed by atoms with van der Waals surface area (Å²) >= 11 is 9.03. The molecule has 41 heteroatoms. The van der Waals surface area contributed by atoms with Crippen molar-refractivity contribution in [2.24, 2.45) is 71.6 Å². The monoisotopic (exact) mass is 1420 g/mol. The van der Waals surface area contributed by atoms with E-state index in [1.807, 2.05) is 0 Å². The van der Waals surface area contributed by atoms with E-state index >= 15 is 0 Å². The van der Waals surface area contributed by atoms with Crippen LogP contribution in [0, 0.1) is 0 Å². The first-order chi connectivity index (χ1) is 46.4. The highest BCUT2D eigenvalue weighted by Gasteiger charge is 2.43. The van der Waals surface area contributed by atoms with Gasteiger partial charge in [-0.15, -0.1) is 0 Å². The van der Waals surface area contributed by atoms with E-state index in [2.05, 4.69) is 95.7 Å². The number of aliphatic carboxylic acids is 2. The number of carboxylic acids is 2. The van der Waals surface area contributed by atoms with Gasteiger partial charge in [-0.2, -0.15) is 25.3 Å². The SMILES string of the molecule is NC(N)=NCCC[C@H](NC(=O)[C@H](CS)NC(=O)[C@H](CCCN=C(N)N)NC(=O)[C@@H](NC(=O)[C@H](CC(=O)O)NC(=O)CNC(=O)[C@H](CCCN=C(N)N)NC(=O)[C@H](Cc1cnc[nH]1)NC(=O)CNC(=O)C(NC(=O)[C@@H](N)CCCN=C(N)N)C1(S)CCCCC1)c1ccccc1)C(=O)O. The number of hydrogen-bond donors (Lipinski definition) is 24. The number of nitrogens with zero attached hydrogens (tertiary/aromatic N) is 5. The first-order valence-corrected chi connectivity index (χ1v) is 32.2. The van der Waals surface area contributed by atoms with Crippen LogP contribution < -0.4 is 105 Å². The standard InChI is InChI=1S/C57H93N25O14S2/c58-32(13-7-19-68-53(59)60)44(87)82-43(57(98)17-5-2-6-18-57)51(94)73-27-40(84)75-36(23-31-25-67-29-74-31)47(90)77-33(14-8-20-69-54(61)62)45(88)72-26-39(83)76-37(24-41(85)86)48(91)81-42(30-11-3-1-4-12-30)50(93)78-34(15-9-21-70-55(63)64)46(89)80-38(28-97)49(92)79-35(52(95)96)16-10-22-71-56(65)66/h1,3-4,11-12,25,29,32-38,42-43,97-98H,2,5-10,13-24,26-28,58H2,(H,67,74)(H,72,88)(H,73,94)(H,75,84)(H,76,83)(H,77,90)(H,78,93)(H,79,92)(H,80,89)(H,81,91)(H,82,87)(H,85,86)(H,95,96)(H4,59,60,68)(H4,61,62,69)(H4,63,64,70)(H4,65,66,71)/t32-,33-,34-,35-,36-,37-,38-,42-,43?/m0/s1. The van der Waals surface area contributed by atoms with Crippen molar-refractivity contribution in [1.82, 2.24) is 63.1 Å². The molecular weight excluding hydrogens is 1320 g/mol. The second-order valence-electron chi connectivity index (χ2n) is 22.7. The number of hydrogen-bond acceptors (Lipinski definition) is 20. The lowest BCUT2D eigenvalue weighted by Gasteiger charge is -2.39. The van der Waals surface area contributed by atoms with Gasteiger partial charge in [-0.05, 0) is 69.8 Å². The Kier molecular flexibility index (Phi) is 36.1. The van der Waals surface area contributed by atoms with E-state index in [0.29, 0.717) is 37.8 Å². The predicted octanol–water partition coefficient (Wildman–Crippen LogP) is -7.90. The number of imidazole rings is 1. The van der Waals surface area contributed by atoms with Crippen molar-refractivity contribution in [2.75, 3.05) is 45.0 Å². The van der Waals surface area contributed by atoms with Gasteiger partial charge in [0, 0.05) is 55.0 Å². The molecule has 1 unspecified atom stereocenters. The highest BCUT2D eigenvalue weighted by atomic mass is 32.1. The molecule has 0 saturated heterocycles. The van der Waals surface area contributed by atoms with E-state index in [1.165, 1.54) is 36.8 Å². The fraction of sp³-hybridized carbons (Fsp3) is 0.561.